The summed E-state index contributed by atoms with van der Waals surface area (Å²) in [6.45, 7) is 15.0. The quantitative estimate of drug-likeness (QED) is 0.0831. The fourth-order valence-electron chi connectivity index (χ4n) is 12.1. The minimum absolute atomic E-state index is 0.110. The Kier molecular flexibility index (Phi) is 14.6. The van der Waals surface area contributed by atoms with Crippen LogP contribution in [0.4, 0.5) is 16.6 Å². The van der Waals surface area contributed by atoms with Gasteiger partial charge in [-0.3, -0.25) is 34.6 Å². The van der Waals surface area contributed by atoms with Gasteiger partial charge in [0.15, 0.2) is 10.8 Å². The zero-order chi connectivity index (χ0) is 53.5. The highest BCUT2D eigenvalue weighted by Crippen LogP contribution is 2.39. The number of fused-ring (bicyclic) bond motifs is 3. The van der Waals surface area contributed by atoms with Crippen LogP contribution in [0.2, 0.25) is 0 Å². The number of benzene rings is 4. The van der Waals surface area contributed by atoms with Gasteiger partial charge in [0.25, 0.3) is 5.91 Å². The minimum atomic E-state index is -0.735. The smallest absolute Gasteiger partial charge is 0.358 e. The standard InChI is InChI=1S/C61H69N9O6S/c1-37-35-68(33-34-70(37)49-19-10-17-45-54(66-67(6)56(45)49)46-27-29-53(71)64-58(46)73)31-12-13-39-22-24-41(25-23-39)75-50-20-11-15-42(38(50)2)43-26-28-52(63-55(43)59(74)76-61(3,4)5)69-32-30-40-14-9-16-44(47(40)36-69)57(72)65-60-62-48-18-7-8-21-51(48)77-60/h7-11,14-21,26,28,37,39,41,46H,12-13,22-25,27,29-36H2,1-6H3,(H,62,65,72)(H,64,71,73)/t37-,39?,41?,46?/m1/s1. The van der Waals surface area contributed by atoms with Crippen molar-refractivity contribution in [3.63, 3.8) is 0 Å². The highest BCUT2D eigenvalue weighted by atomic mass is 32.1. The summed E-state index contributed by atoms with van der Waals surface area (Å²) >= 11 is 1.45. The Morgan fingerprint density at radius 1 is 0.857 bits per heavy atom. The van der Waals surface area contributed by atoms with Gasteiger partial charge in [-0.15, -0.1) is 0 Å². The third-order valence-corrected chi connectivity index (χ3v) is 17.0. The predicted molar refractivity (Wildman–Crippen MR) is 303 cm³/mol. The number of para-hydroxylation sites is 2. The molecule has 15 nitrogen and oxygen atoms in total. The molecule has 2 atom stereocenters. The molecule has 1 saturated carbocycles. The number of hydrogen-bond acceptors (Lipinski definition) is 13. The third-order valence-electron chi connectivity index (χ3n) is 16.0. The van der Waals surface area contributed by atoms with Crippen molar-refractivity contribution in [1.29, 1.82) is 0 Å². The molecule has 4 aliphatic rings. The Hall–Kier alpha value is -7.17. The Morgan fingerprint density at radius 3 is 2.45 bits per heavy atom. The number of aromatic nitrogens is 4. The first-order valence-electron chi connectivity index (χ1n) is 27.5. The number of thiazole rings is 1. The SMILES string of the molecule is Cc1c(OC2CCC(CCCN3CCN(c4cccc5c(C6CCC(=O)NC6=O)nn(C)c45)[C@H](C)C3)CC2)cccc1-c1ccc(N2CCc3cccc(C(=O)Nc4nc5ccccc5s4)c3C2)nc1C(=O)OC(C)(C)C. The van der Waals surface area contributed by atoms with E-state index in [0.29, 0.717) is 66.4 Å². The van der Waals surface area contributed by atoms with Gasteiger partial charge in [0.1, 0.15) is 17.2 Å². The molecular formula is C61H69N9O6S. The lowest BCUT2D eigenvalue weighted by Gasteiger charge is -2.41. The number of anilines is 3. The van der Waals surface area contributed by atoms with E-state index >= 15 is 0 Å². The molecule has 0 bridgehead atoms. The van der Waals surface area contributed by atoms with Gasteiger partial charge in [-0.2, -0.15) is 5.10 Å². The number of rotatable bonds is 13. The summed E-state index contributed by atoms with van der Waals surface area (Å²) < 4.78 is 15.7. The van der Waals surface area contributed by atoms with Crippen molar-refractivity contribution in [2.24, 2.45) is 13.0 Å². The zero-order valence-corrected chi connectivity index (χ0v) is 45.9. The molecule has 7 aromatic rings. The van der Waals surface area contributed by atoms with Crippen LogP contribution in [0, 0.1) is 12.8 Å². The number of nitrogens with zero attached hydrogens (tertiary/aromatic N) is 7. The van der Waals surface area contributed by atoms with E-state index in [4.69, 9.17) is 19.6 Å². The van der Waals surface area contributed by atoms with Gasteiger partial charge in [0.2, 0.25) is 11.8 Å². The largest absolute Gasteiger partial charge is 0.490 e. The first-order valence-corrected chi connectivity index (χ1v) is 28.3. The van der Waals surface area contributed by atoms with Crippen LogP contribution in [-0.4, -0.2) is 98.8 Å². The maximum Gasteiger partial charge on any atom is 0.358 e. The van der Waals surface area contributed by atoms with Crippen molar-refractivity contribution < 1.29 is 28.7 Å². The molecular weight excluding hydrogens is 987 g/mol. The fourth-order valence-corrected chi connectivity index (χ4v) is 13.0. The van der Waals surface area contributed by atoms with Gasteiger partial charge in [-0.05, 0) is 163 Å². The molecule has 3 fully saturated rings. The molecule has 2 N–H and O–H groups in total. The maximum atomic E-state index is 14.2. The van der Waals surface area contributed by atoms with Gasteiger partial charge in [0, 0.05) is 68.7 Å². The highest BCUT2D eigenvalue weighted by Gasteiger charge is 2.34. The van der Waals surface area contributed by atoms with E-state index in [-0.39, 0.29) is 29.5 Å². The van der Waals surface area contributed by atoms with Crippen LogP contribution in [0.1, 0.15) is 128 Å². The van der Waals surface area contributed by atoms with Gasteiger partial charge in [0.05, 0.1) is 39.1 Å². The van der Waals surface area contributed by atoms with E-state index in [2.05, 4.69) is 68.4 Å². The van der Waals surface area contributed by atoms with Gasteiger partial charge in [-0.25, -0.2) is 14.8 Å². The molecule has 0 spiro atoms. The number of aryl methyl sites for hydroxylation is 1. The van der Waals surface area contributed by atoms with Gasteiger partial charge < -0.3 is 19.3 Å². The Bertz CT molecular complexity index is 3360. The molecule has 0 radical (unpaired) electrons. The van der Waals surface area contributed by atoms with E-state index in [1.807, 2.05) is 99.2 Å². The van der Waals surface area contributed by atoms with E-state index in [0.717, 1.165) is 112 Å². The monoisotopic (exact) mass is 1060 g/mol. The molecule has 11 rings (SSSR count). The van der Waals surface area contributed by atoms with Crippen molar-refractivity contribution in [3.8, 4) is 16.9 Å². The summed E-state index contributed by atoms with van der Waals surface area (Å²) in [5.74, 6) is 0.525. The van der Waals surface area contributed by atoms with Gasteiger partial charge >= 0.3 is 5.97 Å². The first-order chi connectivity index (χ1) is 37.1. The third kappa shape index (κ3) is 11.0. The number of amides is 3. The Morgan fingerprint density at radius 2 is 1.66 bits per heavy atom. The molecule has 2 saturated heterocycles. The number of piperidine rings is 1. The lowest BCUT2D eigenvalue weighted by Crippen LogP contribution is -2.52. The average molecular weight is 1060 g/mol. The van der Waals surface area contributed by atoms with Gasteiger partial charge in [-0.1, -0.05) is 59.9 Å². The number of carbonyl (C=O) groups excluding carboxylic acids is 4. The van der Waals surface area contributed by atoms with Crippen LogP contribution in [0.25, 0.3) is 32.2 Å². The summed E-state index contributed by atoms with van der Waals surface area (Å²) in [6, 6.07) is 30.3. The molecule has 6 heterocycles. The predicted octanol–water partition coefficient (Wildman–Crippen LogP) is 10.8. The van der Waals surface area contributed by atoms with E-state index < -0.39 is 17.5 Å². The molecule has 3 amide bonds. The normalized spacial score (nSPS) is 20.3. The summed E-state index contributed by atoms with van der Waals surface area (Å²) in [7, 11) is 1.95. The van der Waals surface area contributed by atoms with Crippen LogP contribution in [0.15, 0.2) is 91.0 Å². The lowest BCUT2D eigenvalue weighted by atomic mass is 9.84. The molecule has 400 valence electrons. The number of esters is 1. The molecule has 4 aromatic carbocycles. The van der Waals surface area contributed by atoms with Crippen molar-refractivity contribution >= 4 is 72.8 Å². The lowest BCUT2D eigenvalue weighted by molar-refractivity contribution is -0.134. The van der Waals surface area contributed by atoms with Crippen LogP contribution in [0.5, 0.6) is 5.75 Å². The Labute approximate surface area is 454 Å². The zero-order valence-electron chi connectivity index (χ0n) is 45.1. The Balaban J connectivity index is 0.705. The van der Waals surface area contributed by atoms with Crippen LogP contribution in [0.3, 0.4) is 0 Å². The van der Waals surface area contributed by atoms with Crippen molar-refractivity contribution in [3.05, 3.63) is 125 Å². The number of carbonyl (C=O) groups is 4. The molecule has 1 aliphatic carbocycles. The number of piperazine rings is 1. The molecule has 77 heavy (non-hydrogen) atoms. The number of nitrogens with one attached hydrogen (secondary N) is 2. The highest BCUT2D eigenvalue weighted by molar-refractivity contribution is 7.22. The fraction of sp³-hybridized carbons (Fsp3) is 0.426. The second-order valence-electron chi connectivity index (χ2n) is 22.5. The van der Waals surface area contributed by atoms with E-state index in [1.165, 1.54) is 24.2 Å². The summed E-state index contributed by atoms with van der Waals surface area (Å²) in [5, 5.41) is 11.9. The second-order valence-corrected chi connectivity index (χ2v) is 23.5. The van der Waals surface area contributed by atoms with Crippen molar-refractivity contribution in [1.82, 2.24) is 30.0 Å². The van der Waals surface area contributed by atoms with Crippen LogP contribution >= 0.6 is 11.3 Å². The van der Waals surface area contributed by atoms with Crippen molar-refractivity contribution in [2.45, 2.75) is 123 Å². The summed E-state index contributed by atoms with van der Waals surface area (Å²) in [5.41, 5.74) is 8.43. The molecule has 3 aliphatic heterocycles. The number of pyridine rings is 1. The molecule has 3 aromatic heterocycles. The topological polar surface area (TPSA) is 164 Å². The summed E-state index contributed by atoms with van der Waals surface area (Å²) in [6.07, 6.45) is 8.26. The molecule has 1 unspecified atom stereocenters. The van der Waals surface area contributed by atoms with E-state index in [1.54, 1.807) is 0 Å². The van der Waals surface area contributed by atoms with E-state index in [9.17, 15) is 19.2 Å². The number of imide groups is 1. The maximum absolute atomic E-state index is 14.2. The van der Waals surface area contributed by atoms with Crippen LogP contribution in [-0.2, 0) is 34.3 Å². The first kappa shape index (κ1) is 51.9. The summed E-state index contributed by atoms with van der Waals surface area (Å²) in [4.78, 5) is 69.6. The number of hydrogen-bond donors (Lipinski definition) is 2. The van der Waals surface area contributed by atoms with Crippen molar-refractivity contribution in [2.75, 3.05) is 47.8 Å². The average Bonchev–Trinajstić information content (AvgIpc) is 4.05. The van der Waals surface area contributed by atoms with Crippen LogP contribution < -0.4 is 25.2 Å². The second kappa shape index (κ2) is 21.7. The molecule has 16 heteroatoms. The minimum Gasteiger partial charge on any atom is -0.490 e. The number of ether oxygens (including phenoxy) is 2.